The molecule has 154 valence electrons. The highest BCUT2D eigenvalue weighted by Crippen LogP contribution is 2.33. The fourth-order valence-electron chi connectivity index (χ4n) is 4.14. The molecule has 8 heteroatoms. The fourth-order valence-corrected chi connectivity index (χ4v) is 4.14. The summed E-state index contributed by atoms with van der Waals surface area (Å²) in [5.41, 5.74) is 2.82. The Labute approximate surface area is 170 Å². The highest BCUT2D eigenvalue weighted by atomic mass is 19.1. The maximum Gasteiger partial charge on any atom is 0.213 e. The monoisotopic (exact) mass is 398 g/mol. The van der Waals surface area contributed by atoms with E-state index < -0.39 is 0 Å². The van der Waals surface area contributed by atoms with Gasteiger partial charge in [-0.2, -0.15) is 5.10 Å². The molecule has 0 amide bonds. The number of halogens is 1. The average molecular weight is 398 g/mol. The zero-order chi connectivity index (χ0) is 20.4. The number of likely N-dealkylation sites (tertiary alicyclic amines) is 1. The van der Waals surface area contributed by atoms with Crippen LogP contribution in [-0.2, 0) is 6.42 Å². The van der Waals surface area contributed by atoms with E-state index in [-0.39, 0.29) is 5.82 Å². The molecule has 3 heterocycles. The fraction of sp³-hybridized carbons (Fsp3) is 0.429. The summed E-state index contributed by atoms with van der Waals surface area (Å²) in [5, 5.41) is 3.87. The summed E-state index contributed by atoms with van der Waals surface area (Å²) < 4.78 is 19.3. The van der Waals surface area contributed by atoms with Crippen LogP contribution in [-0.4, -0.2) is 55.2 Å². The molecule has 0 radical (unpaired) electrons. The van der Waals surface area contributed by atoms with E-state index in [0.717, 1.165) is 49.4 Å². The number of nitrogens with zero attached hydrogens (tertiary/aromatic N) is 5. The number of amidine groups is 1. The van der Waals surface area contributed by atoms with Crippen molar-refractivity contribution in [1.82, 2.24) is 9.88 Å². The molecular formula is C21H27FN6O. The Morgan fingerprint density at radius 2 is 2.17 bits per heavy atom. The van der Waals surface area contributed by atoms with Gasteiger partial charge in [-0.25, -0.2) is 9.37 Å². The smallest absolute Gasteiger partial charge is 0.213 e. The van der Waals surface area contributed by atoms with Crippen molar-refractivity contribution in [3.8, 4) is 5.88 Å². The predicted molar refractivity (Wildman–Crippen MR) is 113 cm³/mol. The van der Waals surface area contributed by atoms with Gasteiger partial charge in [0.15, 0.2) is 0 Å². The van der Waals surface area contributed by atoms with Crippen molar-refractivity contribution < 1.29 is 9.13 Å². The minimum Gasteiger partial charge on any atom is -0.481 e. The quantitative estimate of drug-likeness (QED) is 0.361. The van der Waals surface area contributed by atoms with Gasteiger partial charge in [0.2, 0.25) is 5.88 Å². The molecule has 1 aromatic carbocycles. The molecule has 29 heavy (non-hydrogen) atoms. The first-order valence-electron chi connectivity index (χ1n) is 9.89. The van der Waals surface area contributed by atoms with Crippen LogP contribution >= 0.6 is 0 Å². The molecule has 0 aliphatic carbocycles. The second-order valence-electron chi connectivity index (χ2n) is 7.53. The summed E-state index contributed by atoms with van der Waals surface area (Å²) in [6.45, 7) is 5.35. The molecule has 4 rings (SSSR count). The third kappa shape index (κ3) is 3.85. The number of rotatable bonds is 5. The van der Waals surface area contributed by atoms with Crippen LogP contribution < -0.4 is 20.4 Å². The number of benzene rings is 1. The van der Waals surface area contributed by atoms with Crippen LogP contribution in [0.15, 0.2) is 41.6 Å². The molecule has 2 aromatic rings. The van der Waals surface area contributed by atoms with E-state index in [9.17, 15) is 4.39 Å². The zero-order valence-electron chi connectivity index (χ0n) is 16.9. The Balaban J connectivity index is 1.43. The molecule has 1 fully saturated rings. The maximum atomic E-state index is 14.2. The third-order valence-corrected chi connectivity index (χ3v) is 5.77. The molecule has 2 aliphatic heterocycles. The number of pyridine rings is 1. The van der Waals surface area contributed by atoms with E-state index in [1.54, 1.807) is 19.4 Å². The van der Waals surface area contributed by atoms with E-state index in [0.29, 0.717) is 24.4 Å². The summed E-state index contributed by atoms with van der Waals surface area (Å²) in [6, 6.07) is 9.57. The van der Waals surface area contributed by atoms with Gasteiger partial charge in [-0.1, -0.05) is 6.07 Å². The Morgan fingerprint density at radius 1 is 1.34 bits per heavy atom. The Morgan fingerprint density at radius 3 is 2.86 bits per heavy atom. The molecular weight excluding hydrogens is 371 g/mol. The van der Waals surface area contributed by atoms with Crippen LogP contribution in [0.4, 0.5) is 15.8 Å². The van der Waals surface area contributed by atoms with E-state index in [1.165, 1.54) is 0 Å². The topological polar surface area (TPSA) is 70.2 Å². The summed E-state index contributed by atoms with van der Waals surface area (Å²) in [7, 11) is 1.59. The first-order valence-corrected chi connectivity index (χ1v) is 9.89. The minimum atomic E-state index is -0.0867. The van der Waals surface area contributed by atoms with E-state index in [4.69, 9.17) is 10.6 Å². The van der Waals surface area contributed by atoms with Crippen molar-refractivity contribution in [1.29, 1.82) is 0 Å². The van der Waals surface area contributed by atoms with Gasteiger partial charge >= 0.3 is 0 Å². The van der Waals surface area contributed by atoms with Crippen molar-refractivity contribution in [2.45, 2.75) is 25.8 Å². The largest absolute Gasteiger partial charge is 0.481 e. The number of hydrazone groups is 1. The molecule has 2 aliphatic rings. The average Bonchev–Trinajstić information content (AvgIpc) is 2.73. The lowest BCUT2D eigenvalue weighted by Crippen LogP contribution is -2.63. The molecule has 0 spiro atoms. The molecule has 0 bridgehead atoms. The van der Waals surface area contributed by atoms with E-state index in [2.05, 4.69) is 19.9 Å². The highest BCUT2D eigenvalue weighted by molar-refractivity contribution is 5.95. The number of hydrogen-bond acceptors (Lipinski definition) is 6. The molecule has 0 unspecified atom stereocenters. The van der Waals surface area contributed by atoms with Gasteiger partial charge in [0, 0.05) is 37.0 Å². The molecule has 7 nitrogen and oxygen atoms in total. The van der Waals surface area contributed by atoms with Gasteiger partial charge in [-0.3, -0.25) is 4.90 Å². The van der Waals surface area contributed by atoms with Crippen molar-refractivity contribution in [3.63, 3.8) is 0 Å². The second kappa shape index (κ2) is 8.24. The lowest BCUT2D eigenvalue weighted by molar-refractivity contribution is 0.147. The lowest BCUT2D eigenvalue weighted by atomic mass is 9.97. The predicted octanol–water partition coefficient (Wildman–Crippen LogP) is 2.42. The Kier molecular flexibility index (Phi) is 5.53. The minimum absolute atomic E-state index is 0.0867. The Bertz CT molecular complexity index is 881. The third-order valence-electron chi connectivity index (χ3n) is 5.77. The van der Waals surface area contributed by atoms with Gasteiger partial charge in [-0.15, -0.1) is 0 Å². The summed E-state index contributed by atoms with van der Waals surface area (Å²) >= 11 is 0. The number of nitrogens with two attached hydrogens (primary N) is 1. The van der Waals surface area contributed by atoms with E-state index in [1.807, 2.05) is 36.1 Å². The summed E-state index contributed by atoms with van der Waals surface area (Å²) in [6.07, 6.45) is 3.57. The standard InChI is InChI=1S/C21H27FN6O/c1-15(25-23)28(16-8-9-21(29-2)24-11-16)14-26-12-17(13-26)27-10-4-5-18-19(22)6-3-7-20(18)27/h3,6-9,11,17H,4-5,10,12-14,23H2,1-2H3/b25-15-. The van der Waals surface area contributed by atoms with Gasteiger partial charge < -0.3 is 20.4 Å². The molecule has 0 saturated carbocycles. The van der Waals surface area contributed by atoms with Gasteiger partial charge in [0.05, 0.1) is 31.7 Å². The highest BCUT2D eigenvalue weighted by Gasteiger charge is 2.35. The van der Waals surface area contributed by atoms with Crippen molar-refractivity contribution in [2.24, 2.45) is 10.9 Å². The number of fused-ring (bicyclic) bond motifs is 1. The molecule has 2 N–H and O–H groups in total. The number of aromatic nitrogens is 1. The summed E-state index contributed by atoms with van der Waals surface area (Å²) in [4.78, 5) is 11.0. The SMILES string of the molecule is COc1ccc(N(CN2CC(N3CCCc4c(F)cccc43)C2)/C(C)=N\N)cn1. The van der Waals surface area contributed by atoms with Crippen LogP contribution in [0.1, 0.15) is 18.9 Å². The summed E-state index contributed by atoms with van der Waals surface area (Å²) in [5.74, 6) is 6.74. The normalized spacial score (nSPS) is 17.6. The number of hydrogen-bond donors (Lipinski definition) is 1. The molecule has 1 aromatic heterocycles. The van der Waals surface area contributed by atoms with Crippen LogP contribution in [0, 0.1) is 5.82 Å². The first-order chi connectivity index (χ1) is 14.1. The van der Waals surface area contributed by atoms with Gasteiger partial charge in [0.1, 0.15) is 11.7 Å². The van der Waals surface area contributed by atoms with Crippen molar-refractivity contribution in [3.05, 3.63) is 47.9 Å². The van der Waals surface area contributed by atoms with Crippen molar-refractivity contribution in [2.75, 3.05) is 43.2 Å². The van der Waals surface area contributed by atoms with Crippen LogP contribution in [0.5, 0.6) is 5.88 Å². The first kappa shape index (κ1) is 19.4. The lowest BCUT2D eigenvalue weighted by Gasteiger charge is -2.49. The van der Waals surface area contributed by atoms with Crippen LogP contribution in [0.3, 0.4) is 0 Å². The molecule has 1 saturated heterocycles. The van der Waals surface area contributed by atoms with Gasteiger partial charge in [-0.05, 0) is 38.0 Å². The Hall–Kier alpha value is -2.87. The van der Waals surface area contributed by atoms with E-state index >= 15 is 0 Å². The molecule has 0 atom stereocenters. The van der Waals surface area contributed by atoms with Gasteiger partial charge in [0.25, 0.3) is 0 Å². The van der Waals surface area contributed by atoms with Crippen LogP contribution in [0.2, 0.25) is 0 Å². The second-order valence-corrected chi connectivity index (χ2v) is 7.53. The number of ether oxygens (including phenoxy) is 1. The van der Waals surface area contributed by atoms with Crippen molar-refractivity contribution >= 4 is 17.2 Å². The van der Waals surface area contributed by atoms with Crippen LogP contribution in [0.25, 0.3) is 0 Å². The number of anilines is 2. The zero-order valence-corrected chi connectivity index (χ0v) is 16.9. The maximum absolute atomic E-state index is 14.2. The number of methoxy groups -OCH3 is 1.